The number of fused-ring (bicyclic) bond motifs is 1. The molecule has 5 heteroatoms. The monoisotopic (exact) mass is 291 g/mol. The maximum atomic E-state index is 12.9. The molecule has 1 N–H and O–H groups in total. The Morgan fingerprint density at radius 3 is 2.48 bits per heavy atom. The van der Waals surface area contributed by atoms with Crippen LogP contribution in [0.4, 0.5) is 18.9 Å². The van der Waals surface area contributed by atoms with Crippen LogP contribution in [0.25, 0.3) is 11.0 Å². The summed E-state index contributed by atoms with van der Waals surface area (Å²) in [5, 5.41) is 3.73. The first-order chi connectivity index (χ1) is 10.1. The zero-order valence-corrected chi connectivity index (χ0v) is 10.9. The summed E-state index contributed by atoms with van der Waals surface area (Å²) >= 11 is 0. The van der Waals surface area contributed by atoms with Gasteiger partial charge in [0.1, 0.15) is 5.58 Å². The van der Waals surface area contributed by atoms with E-state index in [0.29, 0.717) is 0 Å². The van der Waals surface area contributed by atoms with Gasteiger partial charge in [0.2, 0.25) is 0 Å². The topological polar surface area (TPSA) is 25.2 Å². The molecule has 2 aromatic carbocycles. The molecule has 0 atom stereocenters. The molecule has 3 rings (SSSR count). The fourth-order valence-corrected chi connectivity index (χ4v) is 2.24. The number of halogens is 3. The number of benzene rings is 2. The van der Waals surface area contributed by atoms with Crippen molar-refractivity contribution < 1.29 is 17.6 Å². The third kappa shape index (κ3) is 2.72. The first-order valence-electron chi connectivity index (χ1n) is 6.41. The van der Waals surface area contributed by atoms with Gasteiger partial charge in [-0.3, -0.25) is 0 Å². The number of hydrogen-bond acceptors (Lipinski definition) is 2. The van der Waals surface area contributed by atoms with Crippen LogP contribution in [0, 0.1) is 0 Å². The Balaban J connectivity index is 1.86. The normalized spacial score (nSPS) is 11.8. The Hall–Kier alpha value is -2.43. The number of hydrogen-bond donors (Lipinski definition) is 1. The number of furan rings is 1. The molecule has 0 fully saturated rings. The standard InChI is InChI=1S/C16H12F3NO/c17-16(18,19)13-6-2-3-7-14(13)20-9-11-10-21-15-8-4-1-5-12(11)15/h1-8,10,20H,9H2. The molecule has 0 radical (unpaired) electrons. The van der Waals surface area contributed by atoms with Gasteiger partial charge in [0.15, 0.2) is 0 Å². The van der Waals surface area contributed by atoms with Crippen molar-refractivity contribution in [3.05, 3.63) is 65.9 Å². The third-order valence-corrected chi connectivity index (χ3v) is 3.26. The minimum atomic E-state index is -4.37. The molecule has 0 aliphatic carbocycles. The Kier molecular flexibility index (Phi) is 3.33. The summed E-state index contributed by atoms with van der Waals surface area (Å²) in [6, 6.07) is 12.9. The zero-order valence-electron chi connectivity index (χ0n) is 10.9. The molecule has 1 heterocycles. The lowest BCUT2D eigenvalue weighted by Crippen LogP contribution is -2.10. The molecular formula is C16H12F3NO. The van der Waals surface area contributed by atoms with Crippen molar-refractivity contribution >= 4 is 16.7 Å². The smallest absolute Gasteiger partial charge is 0.418 e. The van der Waals surface area contributed by atoms with E-state index in [2.05, 4.69) is 5.32 Å². The second-order valence-electron chi connectivity index (χ2n) is 4.65. The molecule has 0 unspecified atom stereocenters. The molecule has 0 aliphatic heterocycles. The van der Waals surface area contributed by atoms with Crippen LogP contribution >= 0.6 is 0 Å². The summed E-state index contributed by atoms with van der Waals surface area (Å²) in [5.41, 5.74) is 0.939. The molecule has 0 saturated heterocycles. The van der Waals surface area contributed by atoms with Crippen LogP contribution in [0.2, 0.25) is 0 Å². The molecule has 21 heavy (non-hydrogen) atoms. The SMILES string of the molecule is FC(F)(F)c1ccccc1NCc1coc2ccccc12. The van der Waals surface area contributed by atoms with Gasteiger partial charge in [-0.15, -0.1) is 0 Å². The van der Waals surface area contributed by atoms with E-state index in [4.69, 9.17) is 4.42 Å². The average molecular weight is 291 g/mol. The summed E-state index contributed by atoms with van der Waals surface area (Å²) in [5.74, 6) is 0. The molecule has 0 saturated carbocycles. The van der Waals surface area contributed by atoms with Crippen molar-refractivity contribution in [1.82, 2.24) is 0 Å². The van der Waals surface area contributed by atoms with Gasteiger partial charge >= 0.3 is 6.18 Å². The molecule has 0 aliphatic rings. The highest BCUT2D eigenvalue weighted by molar-refractivity contribution is 5.81. The van der Waals surface area contributed by atoms with Gasteiger partial charge in [0.25, 0.3) is 0 Å². The number of para-hydroxylation sites is 2. The minimum Gasteiger partial charge on any atom is -0.464 e. The van der Waals surface area contributed by atoms with Crippen LogP contribution in [0.1, 0.15) is 11.1 Å². The van der Waals surface area contributed by atoms with Crippen molar-refractivity contribution in [2.45, 2.75) is 12.7 Å². The van der Waals surface area contributed by atoms with Crippen LogP contribution in [0.3, 0.4) is 0 Å². The summed E-state index contributed by atoms with van der Waals surface area (Å²) in [7, 11) is 0. The van der Waals surface area contributed by atoms with E-state index in [1.54, 1.807) is 12.3 Å². The summed E-state index contributed by atoms with van der Waals surface area (Å²) < 4.78 is 44.1. The largest absolute Gasteiger partial charge is 0.464 e. The molecule has 108 valence electrons. The fraction of sp³-hybridized carbons (Fsp3) is 0.125. The third-order valence-electron chi connectivity index (χ3n) is 3.26. The Bertz CT molecular complexity index is 761. The second-order valence-corrected chi connectivity index (χ2v) is 4.65. The van der Waals surface area contributed by atoms with E-state index in [1.165, 1.54) is 12.1 Å². The highest BCUT2D eigenvalue weighted by atomic mass is 19.4. The predicted octanol–water partition coefficient (Wildman–Crippen LogP) is 5.06. The Morgan fingerprint density at radius 1 is 0.952 bits per heavy atom. The van der Waals surface area contributed by atoms with Crippen molar-refractivity contribution in [2.24, 2.45) is 0 Å². The van der Waals surface area contributed by atoms with Gasteiger partial charge < -0.3 is 9.73 Å². The van der Waals surface area contributed by atoms with Gasteiger partial charge in [-0.1, -0.05) is 30.3 Å². The summed E-state index contributed by atoms with van der Waals surface area (Å²) in [4.78, 5) is 0. The van der Waals surface area contributed by atoms with Crippen LogP contribution < -0.4 is 5.32 Å². The zero-order chi connectivity index (χ0) is 14.9. The van der Waals surface area contributed by atoms with Crippen molar-refractivity contribution in [2.75, 3.05) is 5.32 Å². The van der Waals surface area contributed by atoms with Crippen LogP contribution in [0.5, 0.6) is 0 Å². The maximum Gasteiger partial charge on any atom is 0.418 e. The lowest BCUT2D eigenvalue weighted by atomic mass is 10.1. The maximum absolute atomic E-state index is 12.9. The number of alkyl halides is 3. The van der Waals surface area contributed by atoms with Crippen LogP contribution in [-0.4, -0.2) is 0 Å². The summed E-state index contributed by atoms with van der Waals surface area (Å²) in [6.07, 6.45) is -2.81. The highest BCUT2D eigenvalue weighted by Crippen LogP contribution is 2.35. The van der Waals surface area contributed by atoms with E-state index >= 15 is 0 Å². The van der Waals surface area contributed by atoms with Gasteiger partial charge in [-0.2, -0.15) is 13.2 Å². The lowest BCUT2D eigenvalue weighted by Gasteiger charge is -2.13. The van der Waals surface area contributed by atoms with Gasteiger partial charge in [0.05, 0.1) is 11.8 Å². The van der Waals surface area contributed by atoms with E-state index < -0.39 is 11.7 Å². The van der Waals surface area contributed by atoms with Crippen molar-refractivity contribution in [1.29, 1.82) is 0 Å². The molecule has 0 amide bonds. The molecule has 3 aromatic rings. The Morgan fingerprint density at radius 2 is 1.67 bits per heavy atom. The van der Waals surface area contributed by atoms with Gasteiger partial charge in [-0.25, -0.2) is 0 Å². The number of rotatable bonds is 3. The van der Waals surface area contributed by atoms with E-state index in [-0.39, 0.29) is 12.2 Å². The molecule has 1 aromatic heterocycles. The molecule has 0 spiro atoms. The van der Waals surface area contributed by atoms with Crippen molar-refractivity contribution in [3.8, 4) is 0 Å². The van der Waals surface area contributed by atoms with E-state index in [9.17, 15) is 13.2 Å². The first kappa shape index (κ1) is 13.5. The highest BCUT2D eigenvalue weighted by Gasteiger charge is 2.33. The molecular weight excluding hydrogens is 279 g/mol. The first-order valence-corrected chi connectivity index (χ1v) is 6.41. The van der Waals surface area contributed by atoms with Gasteiger partial charge in [0, 0.05) is 23.2 Å². The number of anilines is 1. The van der Waals surface area contributed by atoms with Gasteiger partial charge in [-0.05, 0) is 18.2 Å². The lowest BCUT2D eigenvalue weighted by molar-refractivity contribution is -0.136. The van der Waals surface area contributed by atoms with Crippen LogP contribution in [0.15, 0.2) is 59.2 Å². The fourth-order valence-electron chi connectivity index (χ4n) is 2.24. The summed E-state index contributed by atoms with van der Waals surface area (Å²) in [6.45, 7) is 0.268. The van der Waals surface area contributed by atoms with Crippen molar-refractivity contribution in [3.63, 3.8) is 0 Å². The molecule has 2 nitrogen and oxygen atoms in total. The Labute approximate surface area is 119 Å². The minimum absolute atomic E-state index is 0.0651. The average Bonchev–Trinajstić information content (AvgIpc) is 2.88. The molecule has 0 bridgehead atoms. The van der Waals surface area contributed by atoms with E-state index in [1.807, 2.05) is 24.3 Å². The van der Waals surface area contributed by atoms with Crippen LogP contribution in [-0.2, 0) is 12.7 Å². The van der Waals surface area contributed by atoms with E-state index in [0.717, 1.165) is 22.6 Å². The number of nitrogens with one attached hydrogen (secondary N) is 1. The quantitative estimate of drug-likeness (QED) is 0.729. The second kappa shape index (κ2) is 5.16. The predicted molar refractivity (Wildman–Crippen MR) is 75.0 cm³/mol.